The number of ether oxygens (including phenoxy) is 1. The minimum absolute atomic E-state index is 0.0950. The summed E-state index contributed by atoms with van der Waals surface area (Å²) in [5.74, 6) is 3.74. The van der Waals surface area contributed by atoms with Crippen molar-refractivity contribution in [1.29, 1.82) is 0 Å². The van der Waals surface area contributed by atoms with Crippen LogP contribution in [0, 0.1) is 29.6 Å². The largest absolute Gasteiger partial charge is 0.466 e. The molecule has 4 fully saturated rings. The highest BCUT2D eigenvalue weighted by Gasteiger charge is 2.54. The molecule has 2 heteroatoms. The number of hydrogen-bond donors (Lipinski definition) is 0. The molecule has 0 amide bonds. The molecule has 0 aliphatic heterocycles. The SMILES string of the molecule is CCOC(=O)C1CC2CCC1C1CCC21. The molecule has 15 heavy (non-hydrogen) atoms. The van der Waals surface area contributed by atoms with Crippen LogP contribution in [-0.2, 0) is 9.53 Å². The van der Waals surface area contributed by atoms with Gasteiger partial charge < -0.3 is 4.74 Å². The van der Waals surface area contributed by atoms with Gasteiger partial charge in [0, 0.05) is 0 Å². The van der Waals surface area contributed by atoms with Crippen LogP contribution in [0.2, 0.25) is 0 Å². The Kier molecular flexibility index (Phi) is 2.26. The number of carbonyl (C=O) groups excluding carboxylic acids is 1. The predicted octanol–water partition coefficient (Wildman–Crippen LogP) is 2.62. The van der Waals surface area contributed by atoms with E-state index in [9.17, 15) is 4.79 Å². The molecule has 0 saturated heterocycles. The molecule has 5 unspecified atom stereocenters. The van der Waals surface area contributed by atoms with E-state index in [-0.39, 0.29) is 11.9 Å². The van der Waals surface area contributed by atoms with Crippen LogP contribution in [0.4, 0.5) is 0 Å². The van der Waals surface area contributed by atoms with E-state index in [1.807, 2.05) is 6.92 Å². The molecule has 0 N–H and O–H groups in total. The summed E-state index contributed by atoms with van der Waals surface area (Å²) in [7, 11) is 0. The van der Waals surface area contributed by atoms with Gasteiger partial charge in [0.05, 0.1) is 12.5 Å². The first-order chi connectivity index (χ1) is 7.31. The van der Waals surface area contributed by atoms with Crippen LogP contribution < -0.4 is 0 Å². The molecule has 4 aliphatic carbocycles. The van der Waals surface area contributed by atoms with Crippen molar-refractivity contribution < 1.29 is 9.53 Å². The van der Waals surface area contributed by atoms with Crippen molar-refractivity contribution in [2.75, 3.05) is 6.61 Å². The van der Waals surface area contributed by atoms with Gasteiger partial charge in [-0.2, -0.15) is 0 Å². The summed E-state index contributed by atoms with van der Waals surface area (Å²) in [4.78, 5) is 11.8. The highest BCUT2D eigenvalue weighted by Crippen LogP contribution is 2.60. The van der Waals surface area contributed by atoms with Gasteiger partial charge in [-0.25, -0.2) is 0 Å². The van der Waals surface area contributed by atoms with Crippen molar-refractivity contribution in [2.45, 2.75) is 39.0 Å². The second-order valence-electron chi connectivity index (χ2n) is 5.50. The molecule has 0 aromatic rings. The summed E-state index contributed by atoms with van der Waals surface area (Å²) in [5, 5.41) is 0. The van der Waals surface area contributed by atoms with Crippen molar-refractivity contribution in [1.82, 2.24) is 0 Å². The van der Waals surface area contributed by atoms with E-state index in [2.05, 4.69) is 0 Å². The zero-order valence-electron chi connectivity index (χ0n) is 9.45. The molecule has 0 radical (unpaired) electrons. The lowest BCUT2D eigenvalue weighted by Gasteiger charge is -2.57. The fraction of sp³-hybridized carbons (Fsp3) is 0.923. The maximum Gasteiger partial charge on any atom is 0.309 e. The van der Waals surface area contributed by atoms with Gasteiger partial charge in [-0.05, 0) is 62.7 Å². The quantitative estimate of drug-likeness (QED) is 0.652. The second-order valence-corrected chi connectivity index (χ2v) is 5.50. The molecule has 84 valence electrons. The van der Waals surface area contributed by atoms with Gasteiger partial charge in [0.2, 0.25) is 0 Å². The van der Waals surface area contributed by atoms with Crippen LogP contribution in [0.5, 0.6) is 0 Å². The van der Waals surface area contributed by atoms with Gasteiger partial charge in [0.1, 0.15) is 0 Å². The molecule has 2 nitrogen and oxygen atoms in total. The lowest BCUT2D eigenvalue weighted by molar-refractivity contribution is -0.164. The van der Waals surface area contributed by atoms with Crippen molar-refractivity contribution in [2.24, 2.45) is 29.6 Å². The third kappa shape index (κ3) is 1.33. The topological polar surface area (TPSA) is 26.3 Å². The molecule has 5 atom stereocenters. The molecular formula is C13H20O2. The van der Waals surface area contributed by atoms with Crippen molar-refractivity contribution in [3.05, 3.63) is 0 Å². The second kappa shape index (κ2) is 3.50. The van der Waals surface area contributed by atoms with E-state index in [0.29, 0.717) is 12.5 Å². The Morgan fingerprint density at radius 1 is 1.13 bits per heavy atom. The molecule has 4 rings (SSSR count). The first-order valence-electron chi connectivity index (χ1n) is 6.48. The van der Waals surface area contributed by atoms with Crippen LogP contribution in [0.3, 0.4) is 0 Å². The average molecular weight is 208 g/mol. The zero-order chi connectivity index (χ0) is 10.4. The third-order valence-electron chi connectivity index (χ3n) is 5.07. The van der Waals surface area contributed by atoms with E-state index < -0.39 is 0 Å². The van der Waals surface area contributed by atoms with E-state index in [1.165, 1.54) is 25.7 Å². The van der Waals surface area contributed by atoms with Gasteiger partial charge in [0.25, 0.3) is 0 Å². The van der Waals surface area contributed by atoms with Gasteiger partial charge in [-0.1, -0.05) is 0 Å². The summed E-state index contributed by atoms with van der Waals surface area (Å²) >= 11 is 0. The van der Waals surface area contributed by atoms with Gasteiger partial charge in [-0.15, -0.1) is 0 Å². The predicted molar refractivity (Wildman–Crippen MR) is 57.2 cm³/mol. The molecule has 4 aliphatic rings. The van der Waals surface area contributed by atoms with Crippen molar-refractivity contribution in [3.8, 4) is 0 Å². The van der Waals surface area contributed by atoms with Crippen LogP contribution in [-0.4, -0.2) is 12.6 Å². The Bertz CT molecular complexity index is 272. The third-order valence-corrected chi connectivity index (χ3v) is 5.07. The van der Waals surface area contributed by atoms with E-state index >= 15 is 0 Å². The van der Waals surface area contributed by atoms with Crippen molar-refractivity contribution >= 4 is 5.97 Å². The fourth-order valence-corrected chi connectivity index (χ4v) is 4.32. The summed E-state index contributed by atoms with van der Waals surface area (Å²) in [5.41, 5.74) is 0. The summed E-state index contributed by atoms with van der Waals surface area (Å²) < 4.78 is 5.20. The smallest absolute Gasteiger partial charge is 0.309 e. The Balaban J connectivity index is 1.74. The summed E-state index contributed by atoms with van der Waals surface area (Å²) in [6.07, 6.45) is 6.60. The van der Waals surface area contributed by atoms with Crippen LogP contribution in [0.15, 0.2) is 0 Å². The van der Waals surface area contributed by atoms with E-state index in [1.54, 1.807) is 0 Å². The van der Waals surface area contributed by atoms with Gasteiger partial charge in [0.15, 0.2) is 0 Å². The first-order valence-corrected chi connectivity index (χ1v) is 6.48. The van der Waals surface area contributed by atoms with E-state index in [4.69, 9.17) is 4.74 Å². The van der Waals surface area contributed by atoms with Gasteiger partial charge in [-0.3, -0.25) is 4.79 Å². The molecule has 0 spiro atoms. The minimum atomic E-state index is 0.0950. The molecule has 0 heterocycles. The normalized spacial score (nSPS) is 46.9. The number of rotatable bonds is 2. The highest BCUT2D eigenvalue weighted by molar-refractivity contribution is 5.73. The number of fused-ring (bicyclic) bond motifs is 2. The lowest BCUT2D eigenvalue weighted by Crippen LogP contribution is -2.52. The van der Waals surface area contributed by atoms with E-state index in [0.717, 1.165) is 24.2 Å². The lowest BCUT2D eigenvalue weighted by atomic mass is 9.47. The molecule has 4 saturated carbocycles. The summed E-state index contributed by atoms with van der Waals surface area (Å²) in [6.45, 7) is 2.45. The molecule has 2 bridgehead atoms. The Morgan fingerprint density at radius 3 is 2.47 bits per heavy atom. The zero-order valence-corrected chi connectivity index (χ0v) is 9.45. The Morgan fingerprint density at radius 2 is 1.87 bits per heavy atom. The van der Waals surface area contributed by atoms with Crippen LogP contribution in [0.25, 0.3) is 0 Å². The maximum atomic E-state index is 11.8. The monoisotopic (exact) mass is 208 g/mol. The maximum absolute atomic E-state index is 11.8. The number of esters is 1. The molecular weight excluding hydrogens is 188 g/mol. The molecule has 0 aromatic heterocycles. The minimum Gasteiger partial charge on any atom is -0.466 e. The number of hydrogen-bond acceptors (Lipinski definition) is 2. The number of carbonyl (C=O) groups is 1. The van der Waals surface area contributed by atoms with Crippen molar-refractivity contribution in [3.63, 3.8) is 0 Å². The molecule has 0 aromatic carbocycles. The first kappa shape index (κ1) is 9.68. The standard InChI is InChI=1S/C13H20O2/c1-2-15-13(14)12-7-8-3-4-11(12)10-6-5-9(8)10/h8-12H,2-7H2,1H3. The van der Waals surface area contributed by atoms with Crippen LogP contribution >= 0.6 is 0 Å². The Labute approximate surface area is 91.4 Å². The van der Waals surface area contributed by atoms with Gasteiger partial charge >= 0.3 is 5.97 Å². The summed E-state index contributed by atoms with van der Waals surface area (Å²) in [6, 6.07) is 0. The Hall–Kier alpha value is -0.530. The van der Waals surface area contributed by atoms with Crippen LogP contribution in [0.1, 0.15) is 39.0 Å². The fourth-order valence-electron chi connectivity index (χ4n) is 4.32. The average Bonchev–Trinajstić information content (AvgIpc) is 2.17. The highest BCUT2D eigenvalue weighted by atomic mass is 16.5.